The van der Waals surface area contributed by atoms with Gasteiger partial charge in [0.1, 0.15) is 5.75 Å². The number of hydrogen-bond acceptors (Lipinski definition) is 3. The number of benzene rings is 1. The fourth-order valence-corrected chi connectivity index (χ4v) is 1.28. The second-order valence-electron chi connectivity index (χ2n) is 3.72. The molecule has 1 amide bonds. The molecule has 16 heavy (non-hydrogen) atoms. The van der Waals surface area contributed by atoms with Crippen LogP contribution < -0.4 is 10.5 Å². The Kier molecular flexibility index (Phi) is 4.79. The molecule has 2 N–H and O–H groups in total. The average molecular weight is 222 g/mol. The number of nitrogens with two attached hydrogens (primary N) is 1. The van der Waals surface area contributed by atoms with Crippen molar-refractivity contribution in [3.63, 3.8) is 0 Å². The van der Waals surface area contributed by atoms with Crippen molar-refractivity contribution in [2.75, 3.05) is 27.2 Å². The van der Waals surface area contributed by atoms with Crippen molar-refractivity contribution in [1.29, 1.82) is 0 Å². The maximum atomic E-state index is 11.4. The highest BCUT2D eigenvalue weighted by Gasteiger charge is 2.07. The van der Waals surface area contributed by atoms with E-state index in [2.05, 4.69) is 0 Å². The molecule has 1 aromatic rings. The molecule has 0 radical (unpaired) electrons. The van der Waals surface area contributed by atoms with Gasteiger partial charge in [-0.3, -0.25) is 4.79 Å². The Labute approximate surface area is 96.0 Å². The second-order valence-corrected chi connectivity index (χ2v) is 3.72. The number of amides is 1. The lowest BCUT2D eigenvalue weighted by Crippen LogP contribution is -2.27. The lowest BCUT2D eigenvalue weighted by molar-refractivity contribution is -0.130. The van der Waals surface area contributed by atoms with Gasteiger partial charge in [-0.2, -0.15) is 0 Å². The lowest BCUT2D eigenvalue weighted by Gasteiger charge is -2.13. The van der Waals surface area contributed by atoms with Crippen LogP contribution in [0.15, 0.2) is 24.3 Å². The third-order valence-corrected chi connectivity index (χ3v) is 2.24. The zero-order valence-electron chi connectivity index (χ0n) is 9.77. The van der Waals surface area contributed by atoms with Crippen LogP contribution >= 0.6 is 0 Å². The monoisotopic (exact) mass is 222 g/mol. The molecule has 0 aromatic heterocycles. The maximum Gasteiger partial charge on any atom is 0.259 e. The summed E-state index contributed by atoms with van der Waals surface area (Å²) in [5, 5.41) is 0. The minimum Gasteiger partial charge on any atom is -0.483 e. The first-order valence-corrected chi connectivity index (χ1v) is 5.26. The van der Waals surface area contributed by atoms with Gasteiger partial charge in [-0.15, -0.1) is 0 Å². The number of nitrogens with zero attached hydrogens (tertiary/aromatic N) is 1. The minimum absolute atomic E-state index is 0.0532. The molecule has 0 heterocycles. The molecular formula is C12H18N2O2. The van der Waals surface area contributed by atoms with Crippen LogP contribution in [-0.4, -0.2) is 38.1 Å². The van der Waals surface area contributed by atoms with Crippen LogP contribution in [0.1, 0.15) is 5.56 Å². The van der Waals surface area contributed by atoms with Crippen LogP contribution in [0.25, 0.3) is 0 Å². The molecule has 0 aliphatic carbocycles. The summed E-state index contributed by atoms with van der Waals surface area (Å²) in [6, 6.07) is 7.64. The molecule has 0 aliphatic rings. The average Bonchev–Trinajstić information content (AvgIpc) is 2.27. The Morgan fingerprint density at radius 1 is 1.38 bits per heavy atom. The van der Waals surface area contributed by atoms with Crippen molar-refractivity contribution in [3.05, 3.63) is 29.8 Å². The van der Waals surface area contributed by atoms with Gasteiger partial charge < -0.3 is 15.4 Å². The summed E-state index contributed by atoms with van der Waals surface area (Å²) in [5.41, 5.74) is 6.54. The number of rotatable bonds is 5. The molecule has 0 bridgehead atoms. The predicted octanol–water partition coefficient (Wildman–Crippen LogP) is 0.655. The van der Waals surface area contributed by atoms with E-state index in [-0.39, 0.29) is 12.5 Å². The van der Waals surface area contributed by atoms with Crippen LogP contribution in [0.3, 0.4) is 0 Å². The first-order chi connectivity index (χ1) is 7.65. The van der Waals surface area contributed by atoms with Gasteiger partial charge in [0, 0.05) is 14.1 Å². The first kappa shape index (κ1) is 12.5. The Morgan fingerprint density at radius 3 is 2.69 bits per heavy atom. The standard InChI is InChI=1S/C12H18N2O2/c1-14(2)12(15)9-16-11-6-4-3-5-10(11)7-8-13/h3-6H,7-9,13H2,1-2H3. The van der Waals surface area contributed by atoms with E-state index >= 15 is 0 Å². The predicted molar refractivity (Wildman–Crippen MR) is 63.4 cm³/mol. The van der Waals surface area contributed by atoms with Crippen LogP contribution in [0.4, 0.5) is 0 Å². The quantitative estimate of drug-likeness (QED) is 0.796. The highest BCUT2D eigenvalue weighted by Crippen LogP contribution is 2.17. The molecule has 0 aliphatic heterocycles. The molecule has 0 spiro atoms. The summed E-state index contributed by atoms with van der Waals surface area (Å²) in [4.78, 5) is 12.9. The van der Waals surface area contributed by atoms with E-state index in [0.29, 0.717) is 6.54 Å². The molecule has 4 nitrogen and oxygen atoms in total. The highest BCUT2D eigenvalue weighted by atomic mass is 16.5. The van der Waals surface area contributed by atoms with Crippen LogP contribution in [0.2, 0.25) is 0 Å². The van der Waals surface area contributed by atoms with Gasteiger partial charge in [0.05, 0.1) is 0 Å². The van der Waals surface area contributed by atoms with E-state index in [1.165, 1.54) is 4.90 Å². The third-order valence-electron chi connectivity index (χ3n) is 2.24. The fraction of sp³-hybridized carbons (Fsp3) is 0.417. The maximum absolute atomic E-state index is 11.4. The third kappa shape index (κ3) is 3.55. The lowest BCUT2D eigenvalue weighted by atomic mass is 10.1. The van der Waals surface area contributed by atoms with Crippen molar-refractivity contribution in [3.8, 4) is 5.75 Å². The number of hydrogen-bond donors (Lipinski definition) is 1. The van der Waals surface area contributed by atoms with E-state index in [0.717, 1.165) is 17.7 Å². The Hall–Kier alpha value is -1.55. The number of ether oxygens (including phenoxy) is 1. The number of para-hydroxylation sites is 1. The van der Waals surface area contributed by atoms with Crippen molar-refractivity contribution >= 4 is 5.91 Å². The summed E-state index contributed by atoms with van der Waals surface area (Å²) in [7, 11) is 3.41. The van der Waals surface area contributed by atoms with Crippen molar-refractivity contribution < 1.29 is 9.53 Å². The Morgan fingerprint density at radius 2 is 2.06 bits per heavy atom. The van der Waals surface area contributed by atoms with Gasteiger partial charge in [0.2, 0.25) is 0 Å². The van der Waals surface area contributed by atoms with E-state index in [9.17, 15) is 4.79 Å². The summed E-state index contributed by atoms with van der Waals surface area (Å²) in [5.74, 6) is 0.686. The van der Waals surface area contributed by atoms with E-state index in [4.69, 9.17) is 10.5 Å². The van der Waals surface area contributed by atoms with Crippen LogP contribution in [-0.2, 0) is 11.2 Å². The van der Waals surface area contributed by atoms with E-state index in [1.54, 1.807) is 14.1 Å². The largest absolute Gasteiger partial charge is 0.483 e. The fourth-order valence-electron chi connectivity index (χ4n) is 1.28. The molecule has 0 unspecified atom stereocenters. The minimum atomic E-state index is -0.0532. The summed E-state index contributed by atoms with van der Waals surface area (Å²) >= 11 is 0. The topological polar surface area (TPSA) is 55.6 Å². The zero-order valence-corrected chi connectivity index (χ0v) is 9.77. The van der Waals surface area contributed by atoms with Gasteiger partial charge in [0.15, 0.2) is 6.61 Å². The second kappa shape index (κ2) is 6.12. The summed E-state index contributed by atoms with van der Waals surface area (Å²) in [6.45, 7) is 0.636. The van der Waals surface area contributed by atoms with Crippen LogP contribution in [0.5, 0.6) is 5.75 Å². The molecule has 0 atom stereocenters. The van der Waals surface area contributed by atoms with E-state index in [1.807, 2.05) is 24.3 Å². The number of likely N-dealkylation sites (N-methyl/N-ethyl adjacent to an activating group) is 1. The zero-order chi connectivity index (χ0) is 12.0. The molecular weight excluding hydrogens is 204 g/mol. The van der Waals surface area contributed by atoms with Crippen molar-refractivity contribution in [2.24, 2.45) is 5.73 Å². The number of carbonyl (C=O) groups excluding carboxylic acids is 1. The SMILES string of the molecule is CN(C)C(=O)COc1ccccc1CCN. The van der Waals surface area contributed by atoms with Gasteiger partial charge in [-0.1, -0.05) is 18.2 Å². The molecule has 0 fully saturated rings. The smallest absolute Gasteiger partial charge is 0.259 e. The summed E-state index contributed by atoms with van der Waals surface area (Å²) < 4.78 is 5.47. The normalized spacial score (nSPS) is 9.94. The van der Waals surface area contributed by atoms with Gasteiger partial charge in [-0.05, 0) is 24.6 Å². The molecule has 88 valence electrons. The Balaban J connectivity index is 2.62. The highest BCUT2D eigenvalue weighted by molar-refractivity contribution is 5.77. The molecule has 1 aromatic carbocycles. The first-order valence-electron chi connectivity index (χ1n) is 5.26. The van der Waals surface area contributed by atoms with Crippen molar-refractivity contribution in [1.82, 2.24) is 4.90 Å². The molecule has 4 heteroatoms. The molecule has 1 rings (SSSR count). The van der Waals surface area contributed by atoms with Gasteiger partial charge in [-0.25, -0.2) is 0 Å². The van der Waals surface area contributed by atoms with Crippen LogP contribution in [0, 0.1) is 0 Å². The summed E-state index contributed by atoms with van der Waals surface area (Å²) in [6.07, 6.45) is 0.756. The van der Waals surface area contributed by atoms with Gasteiger partial charge >= 0.3 is 0 Å². The van der Waals surface area contributed by atoms with E-state index < -0.39 is 0 Å². The molecule has 0 saturated carbocycles. The molecule has 0 saturated heterocycles. The van der Waals surface area contributed by atoms with Gasteiger partial charge in [0.25, 0.3) is 5.91 Å². The van der Waals surface area contributed by atoms with Crippen molar-refractivity contribution in [2.45, 2.75) is 6.42 Å². The Bertz CT molecular complexity index is 351. The number of carbonyl (C=O) groups is 1.